The molecule has 3 fully saturated rings. The van der Waals surface area contributed by atoms with E-state index in [1.807, 2.05) is 6.08 Å². The molecule has 0 saturated heterocycles. The minimum atomic E-state index is -0.753. The molecule has 0 amide bonds. The summed E-state index contributed by atoms with van der Waals surface area (Å²) in [5.41, 5.74) is -0.238. The average molecular weight is 316 g/mol. The molecule has 4 aliphatic rings. The molecule has 4 aliphatic carbocycles. The number of fused-ring (bicyclic) bond motifs is 5. The van der Waals surface area contributed by atoms with Crippen molar-refractivity contribution in [3.05, 3.63) is 12.2 Å². The van der Waals surface area contributed by atoms with Gasteiger partial charge in [-0.3, -0.25) is 9.59 Å². The molecule has 8 atom stereocenters. The summed E-state index contributed by atoms with van der Waals surface area (Å²) in [5, 5.41) is 10.1. The fourth-order valence-corrected chi connectivity index (χ4v) is 6.86. The van der Waals surface area contributed by atoms with Gasteiger partial charge in [0.25, 0.3) is 0 Å². The van der Waals surface area contributed by atoms with Crippen LogP contribution in [0.4, 0.5) is 0 Å². The number of Topliss-reactive ketones (excluding diaryl/α,β-unsaturated/α-hetero) is 1. The van der Waals surface area contributed by atoms with E-state index in [4.69, 9.17) is 0 Å². The van der Waals surface area contributed by atoms with Gasteiger partial charge in [-0.1, -0.05) is 26.8 Å². The van der Waals surface area contributed by atoms with E-state index < -0.39 is 6.10 Å². The van der Waals surface area contributed by atoms with Crippen molar-refractivity contribution in [2.75, 3.05) is 0 Å². The van der Waals surface area contributed by atoms with Gasteiger partial charge in [0.1, 0.15) is 6.10 Å². The van der Waals surface area contributed by atoms with Gasteiger partial charge < -0.3 is 5.11 Å². The van der Waals surface area contributed by atoms with Gasteiger partial charge in [0.2, 0.25) is 0 Å². The van der Waals surface area contributed by atoms with Crippen molar-refractivity contribution in [2.24, 2.45) is 40.4 Å². The molecule has 23 heavy (non-hydrogen) atoms. The minimum Gasteiger partial charge on any atom is -0.385 e. The van der Waals surface area contributed by atoms with Crippen molar-refractivity contribution in [1.82, 2.24) is 0 Å². The Labute approximate surface area is 138 Å². The molecular formula is C20H28O3. The van der Waals surface area contributed by atoms with E-state index in [9.17, 15) is 14.7 Å². The van der Waals surface area contributed by atoms with Gasteiger partial charge in [0.15, 0.2) is 11.6 Å². The van der Waals surface area contributed by atoms with Crippen LogP contribution in [0.5, 0.6) is 0 Å². The third-order valence-electron chi connectivity index (χ3n) is 8.24. The van der Waals surface area contributed by atoms with Crippen LogP contribution in [0.25, 0.3) is 0 Å². The highest BCUT2D eigenvalue weighted by molar-refractivity contribution is 5.93. The number of hydrogen-bond donors (Lipinski definition) is 1. The molecule has 0 radical (unpaired) electrons. The largest absolute Gasteiger partial charge is 0.385 e. The Morgan fingerprint density at radius 2 is 1.83 bits per heavy atom. The van der Waals surface area contributed by atoms with Crippen LogP contribution >= 0.6 is 0 Å². The minimum absolute atomic E-state index is 0.0775. The van der Waals surface area contributed by atoms with Crippen LogP contribution in [0, 0.1) is 40.4 Å². The van der Waals surface area contributed by atoms with Gasteiger partial charge in [-0.25, -0.2) is 0 Å². The number of rotatable bonds is 0. The highest BCUT2D eigenvalue weighted by Crippen LogP contribution is 2.64. The maximum Gasteiger partial charge on any atom is 0.167 e. The summed E-state index contributed by atoms with van der Waals surface area (Å²) in [6.07, 6.45) is 8.02. The SMILES string of the molecule is CC1C(=O)C=C[C@@]2(C)C1CC[C@@H]1[C@@H]2CC[C@]2(C)C(=O)[C@@H](O)C[C@@H]12. The van der Waals surface area contributed by atoms with E-state index in [0.29, 0.717) is 30.1 Å². The molecule has 0 bridgehead atoms. The molecule has 4 rings (SSSR count). The third kappa shape index (κ3) is 1.86. The van der Waals surface area contributed by atoms with E-state index >= 15 is 0 Å². The first-order chi connectivity index (χ1) is 10.8. The zero-order valence-corrected chi connectivity index (χ0v) is 14.4. The van der Waals surface area contributed by atoms with E-state index in [2.05, 4.69) is 26.8 Å². The Kier molecular flexibility index (Phi) is 3.23. The molecule has 3 heteroatoms. The van der Waals surface area contributed by atoms with Crippen LogP contribution < -0.4 is 0 Å². The number of hydrogen-bond acceptors (Lipinski definition) is 3. The lowest BCUT2D eigenvalue weighted by molar-refractivity contribution is -0.140. The highest BCUT2D eigenvalue weighted by Gasteiger charge is 2.62. The first kappa shape index (κ1) is 15.6. The Morgan fingerprint density at radius 3 is 2.57 bits per heavy atom. The predicted molar refractivity (Wildman–Crippen MR) is 87.6 cm³/mol. The molecule has 3 nitrogen and oxygen atoms in total. The molecule has 0 aromatic carbocycles. The summed E-state index contributed by atoms with van der Waals surface area (Å²) >= 11 is 0. The number of aliphatic hydroxyl groups excluding tert-OH is 1. The topological polar surface area (TPSA) is 54.4 Å². The Hall–Kier alpha value is -0.960. The van der Waals surface area contributed by atoms with Crippen molar-refractivity contribution < 1.29 is 14.7 Å². The average Bonchev–Trinajstić information content (AvgIpc) is 2.75. The Balaban J connectivity index is 1.71. The zero-order valence-electron chi connectivity index (χ0n) is 14.4. The van der Waals surface area contributed by atoms with E-state index in [1.165, 1.54) is 0 Å². The van der Waals surface area contributed by atoms with Crippen LogP contribution in [0.2, 0.25) is 0 Å². The lowest BCUT2D eigenvalue weighted by Gasteiger charge is -2.58. The fourth-order valence-electron chi connectivity index (χ4n) is 6.86. The van der Waals surface area contributed by atoms with Gasteiger partial charge >= 0.3 is 0 Å². The van der Waals surface area contributed by atoms with Crippen molar-refractivity contribution in [2.45, 2.75) is 59.0 Å². The first-order valence-corrected chi connectivity index (χ1v) is 9.24. The van der Waals surface area contributed by atoms with E-state index in [-0.39, 0.29) is 28.3 Å². The quantitative estimate of drug-likeness (QED) is 0.747. The molecule has 0 spiro atoms. The zero-order chi connectivity index (χ0) is 16.6. The molecule has 0 aliphatic heterocycles. The molecule has 3 saturated carbocycles. The van der Waals surface area contributed by atoms with Crippen LogP contribution in [-0.2, 0) is 9.59 Å². The van der Waals surface area contributed by atoms with Gasteiger partial charge in [-0.05, 0) is 67.3 Å². The van der Waals surface area contributed by atoms with Crippen LogP contribution in [-0.4, -0.2) is 22.8 Å². The van der Waals surface area contributed by atoms with Gasteiger partial charge in [-0.15, -0.1) is 0 Å². The molecular weight excluding hydrogens is 288 g/mol. The standard InChI is InChI=1S/C20H28O3/c1-11-13-5-4-12-14(19(13,2)9-7-16(11)21)6-8-20(3)15(12)10-17(22)18(20)23/h7,9,11-15,17,22H,4-6,8,10H2,1-3H3/t11?,12-,13?,14+,15+,17+,19+,20+/m1/s1. The van der Waals surface area contributed by atoms with E-state index in [0.717, 1.165) is 25.7 Å². The third-order valence-corrected chi connectivity index (χ3v) is 8.24. The highest BCUT2D eigenvalue weighted by atomic mass is 16.3. The summed E-state index contributed by atoms with van der Waals surface area (Å²) in [6, 6.07) is 0. The molecule has 0 aromatic heterocycles. The van der Waals surface area contributed by atoms with Crippen LogP contribution in [0.1, 0.15) is 52.9 Å². The van der Waals surface area contributed by atoms with Crippen LogP contribution in [0.15, 0.2) is 12.2 Å². The maximum absolute atomic E-state index is 12.5. The summed E-state index contributed by atoms with van der Waals surface area (Å²) in [6.45, 7) is 6.51. The molecule has 1 N–H and O–H groups in total. The number of ketones is 2. The second-order valence-electron chi connectivity index (χ2n) is 9.02. The molecule has 0 aromatic rings. The van der Waals surface area contributed by atoms with Gasteiger partial charge in [-0.2, -0.15) is 0 Å². The smallest absolute Gasteiger partial charge is 0.167 e. The second kappa shape index (κ2) is 4.78. The first-order valence-electron chi connectivity index (χ1n) is 9.24. The molecule has 2 unspecified atom stereocenters. The summed E-state index contributed by atoms with van der Waals surface area (Å²) in [5.74, 6) is 2.30. The van der Waals surface area contributed by atoms with Crippen molar-refractivity contribution >= 4 is 11.6 Å². The predicted octanol–water partition coefficient (Wildman–Crippen LogP) is 3.16. The van der Waals surface area contributed by atoms with Crippen molar-refractivity contribution in [3.63, 3.8) is 0 Å². The monoisotopic (exact) mass is 316 g/mol. The summed E-state index contributed by atoms with van der Waals surface area (Å²) in [7, 11) is 0. The normalized spacial score (nSPS) is 55.3. The Morgan fingerprint density at radius 1 is 1.09 bits per heavy atom. The second-order valence-corrected chi connectivity index (χ2v) is 9.02. The van der Waals surface area contributed by atoms with Gasteiger partial charge in [0, 0.05) is 11.3 Å². The molecule has 126 valence electrons. The van der Waals surface area contributed by atoms with E-state index in [1.54, 1.807) is 0 Å². The number of allylic oxidation sites excluding steroid dienone is 2. The number of aliphatic hydroxyl groups is 1. The van der Waals surface area contributed by atoms with Crippen molar-refractivity contribution in [1.29, 1.82) is 0 Å². The molecule has 0 heterocycles. The Bertz CT molecular complexity index is 594. The van der Waals surface area contributed by atoms with Crippen LogP contribution in [0.3, 0.4) is 0 Å². The van der Waals surface area contributed by atoms with Gasteiger partial charge in [0.05, 0.1) is 0 Å². The number of carbonyl (C=O) groups is 2. The lowest BCUT2D eigenvalue weighted by atomic mass is 9.45. The summed E-state index contributed by atoms with van der Waals surface area (Å²) < 4.78 is 0. The summed E-state index contributed by atoms with van der Waals surface area (Å²) in [4.78, 5) is 24.6. The van der Waals surface area contributed by atoms with Crippen molar-refractivity contribution in [3.8, 4) is 0 Å². The lowest BCUT2D eigenvalue weighted by Crippen LogP contribution is -2.54. The maximum atomic E-state index is 12.5. The fraction of sp³-hybridized carbons (Fsp3) is 0.800. The number of carbonyl (C=O) groups excluding carboxylic acids is 2.